The van der Waals surface area contributed by atoms with E-state index in [-0.39, 0.29) is 11.1 Å². The Kier molecular flexibility index (Phi) is 5.76. The Hall–Kier alpha value is -2.66. The number of anilines is 1. The zero-order chi connectivity index (χ0) is 22.2. The van der Waals surface area contributed by atoms with Gasteiger partial charge in [-0.1, -0.05) is 18.2 Å². The molecule has 1 saturated heterocycles. The van der Waals surface area contributed by atoms with Gasteiger partial charge in [0.2, 0.25) is 0 Å². The molecular formula is C22H26N6O3S. The van der Waals surface area contributed by atoms with Crippen LogP contribution in [0.2, 0.25) is 0 Å². The molecule has 9 nitrogen and oxygen atoms in total. The Morgan fingerprint density at radius 2 is 2.06 bits per heavy atom. The number of ether oxygens (including phenoxy) is 1. The van der Waals surface area contributed by atoms with Crippen molar-refractivity contribution in [2.75, 3.05) is 12.0 Å². The number of nitrogens with two attached hydrogens (primary N) is 1. The number of aryl methyl sites for hydroxylation is 1. The van der Waals surface area contributed by atoms with Crippen LogP contribution >= 0.6 is 11.8 Å². The summed E-state index contributed by atoms with van der Waals surface area (Å²) >= 11 is 1.64. The molecule has 5 N–H and O–H groups in total. The fourth-order valence-electron chi connectivity index (χ4n) is 4.53. The first-order chi connectivity index (χ1) is 15.6. The Bertz CT molecular complexity index is 1230. The van der Waals surface area contributed by atoms with Gasteiger partial charge in [0.15, 0.2) is 17.7 Å². The largest absolute Gasteiger partial charge is 0.387 e. The highest BCUT2D eigenvalue weighted by molar-refractivity contribution is 7.99. The van der Waals surface area contributed by atoms with Crippen LogP contribution in [0.3, 0.4) is 0 Å². The highest BCUT2D eigenvalue weighted by atomic mass is 32.2. The third-order valence-corrected chi connectivity index (χ3v) is 7.32. The van der Waals surface area contributed by atoms with E-state index >= 15 is 0 Å². The van der Waals surface area contributed by atoms with Crippen molar-refractivity contribution in [2.24, 2.45) is 0 Å². The second-order valence-electron chi connectivity index (χ2n) is 8.08. The first-order valence-electron chi connectivity index (χ1n) is 10.6. The molecule has 0 radical (unpaired) electrons. The number of aromatic nitrogens is 5. The van der Waals surface area contributed by atoms with Crippen LogP contribution in [0.25, 0.3) is 22.1 Å². The van der Waals surface area contributed by atoms with Crippen molar-refractivity contribution >= 4 is 39.6 Å². The maximum atomic E-state index is 10.8. The lowest BCUT2D eigenvalue weighted by Crippen LogP contribution is -2.37. The molecule has 0 saturated carbocycles. The molecule has 0 bridgehead atoms. The predicted molar refractivity (Wildman–Crippen MR) is 124 cm³/mol. The zero-order valence-electron chi connectivity index (χ0n) is 17.6. The summed E-state index contributed by atoms with van der Waals surface area (Å²) in [6.07, 6.45) is 6.24. The van der Waals surface area contributed by atoms with E-state index in [1.54, 1.807) is 16.3 Å². The van der Waals surface area contributed by atoms with E-state index in [1.807, 2.05) is 18.4 Å². The Balaban J connectivity index is 1.29. The molecule has 5 atom stereocenters. The summed E-state index contributed by atoms with van der Waals surface area (Å²) in [4.78, 5) is 15.7. The van der Waals surface area contributed by atoms with Crippen molar-refractivity contribution in [1.29, 1.82) is 0 Å². The number of hydrogen-bond acceptors (Lipinski definition) is 8. The molecule has 0 amide bonds. The fraction of sp³-hybridized carbons (Fsp3) is 0.409. The fourth-order valence-corrected chi connectivity index (χ4v) is 5.42. The highest BCUT2D eigenvalue weighted by Crippen LogP contribution is 2.37. The average molecular weight is 455 g/mol. The number of imidazole rings is 1. The van der Waals surface area contributed by atoms with Crippen LogP contribution in [-0.2, 0) is 11.2 Å². The van der Waals surface area contributed by atoms with Crippen LogP contribution in [0.15, 0.2) is 43.1 Å². The van der Waals surface area contributed by atoms with Gasteiger partial charge in [-0.15, -0.1) is 0 Å². The van der Waals surface area contributed by atoms with E-state index in [4.69, 9.17) is 10.5 Å². The van der Waals surface area contributed by atoms with Crippen LogP contribution in [-0.4, -0.2) is 64.5 Å². The molecule has 10 heteroatoms. The van der Waals surface area contributed by atoms with Crippen molar-refractivity contribution in [2.45, 2.75) is 49.1 Å². The lowest BCUT2D eigenvalue weighted by atomic mass is 10.0. The number of aliphatic hydroxyl groups is 2. The van der Waals surface area contributed by atoms with Crippen LogP contribution in [0.4, 0.5) is 5.82 Å². The SMILES string of the molecule is CSC(CCCc1c[nH]c2ccccc12)[C@H]1O[C@@H](n2cnc3c(N)ncnc32)[C@H](O)[C@@H]1O. The van der Waals surface area contributed by atoms with Gasteiger partial charge in [-0.25, -0.2) is 15.0 Å². The maximum Gasteiger partial charge on any atom is 0.167 e. The van der Waals surface area contributed by atoms with Gasteiger partial charge >= 0.3 is 0 Å². The molecule has 3 aromatic heterocycles. The number of nitrogens with zero attached hydrogens (tertiary/aromatic N) is 4. The van der Waals surface area contributed by atoms with E-state index in [1.165, 1.54) is 23.6 Å². The van der Waals surface area contributed by atoms with Gasteiger partial charge in [0, 0.05) is 22.3 Å². The standard InChI is InChI=1S/C22H26N6O3S/c1-32-15(8-4-5-12-9-24-14-7-3-2-6-13(12)14)19-17(29)18(30)22(31-19)28-11-27-16-20(23)25-10-26-21(16)28/h2-3,6-7,9-11,15,17-19,22,24,29-30H,4-5,8H2,1H3,(H2,23,25,26)/t15?,17-,18+,19+,22+/m0/s1. The van der Waals surface area contributed by atoms with Crippen LogP contribution < -0.4 is 5.73 Å². The minimum atomic E-state index is -1.10. The molecule has 5 rings (SSSR count). The summed E-state index contributed by atoms with van der Waals surface area (Å²) in [6, 6.07) is 8.28. The molecule has 168 valence electrons. The number of aliphatic hydroxyl groups excluding tert-OH is 2. The molecule has 4 aromatic rings. The number of hydrogen-bond donors (Lipinski definition) is 4. The number of nitrogen functional groups attached to an aromatic ring is 1. The van der Waals surface area contributed by atoms with Gasteiger partial charge in [0.05, 0.1) is 6.33 Å². The van der Waals surface area contributed by atoms with Gasteiger partial charge in [0.1, 0.15) is 30.2 Å². The normalized spacial score (nSPS) is 24.5. The molecule has 0 aliphatic carbocycles. The molecule has 0 spiro atoms. The van der Waals surface area contributed by atoms with Crippen molar-refractivity contribution in [1.82, 2.24) is 24.5 Å². The molecule has 1 fully saturated rings. The summed E-state index contributed by atoms with van der Waals surface area (Å²) < 4.78 is 7.80. The van der Waals surface area contributed by atoms with Gasteiger partial charge in [-0.3, -0.25) is 4.57 Å². The molecule has 1 aliphatic rings. The molecular weight excluding hydrogens is 428 g/mol. The van der Waals surface area contributed by atoms with E-state index in [0.29, 0.717) is 11.2 Å². The van der Waals surface area contributed by atoms with Crippen molar-refractivity contribution in [3.8, 4) is 0 Å². The second kappa shape index (κ2) is 8.70. The number of nitrogens with one attached hydrogen (secondary N) is 1. The van der Waals surface area contributed by atoms with E-state index in [2.05, 4.69) is 38.3 Å². The number of fused-ring (bicyclic) bond motifs is 2. The van der Waals surface area contributed by atoms with Gasteiger partial charge in [0.25, 0.3) is 0 Å². The van der Waals surface area contributed by atoms with E-state index in [0.717, 1.165) is 24.8 Å². The van der Waals surface area contributed by atoms with Crippen molar-refractivity contribution < 1.29 is 14.9 Å². The Morgan fingerprint density at radius 1 is 1.22 bits per heavy atom. The first kappa shape index (κ1) is 21.2. The lowest BCUT2D eigenvalue weighted by molar-refractivity contribution is -0.0355. The molecule has 1 aromatic carbocycles. The summed E-state index contributed by atoms with van der Waals surface area (Å²) in [7, 11) is 0. The average Bonchev–Trinajstić information content (AvgIpc) is 3.49. The third-order valence-electron chi connectivity index (χ3n) is 6.22. The summed E-state index contributed by atoms with van der Waals surface area (Å²) in [6.45, 7) is 0. The van der Waals surface area contributed by atoms with Crippen LogP contribution in [0.1, 0.15) is 24.6 Å². The Morgan fingerprint density at radius 3 is 2.91 bits per heavy atom. The Labute approximate surface area is 189 Å². The maximum absolute atomic E-state index is 10.8. The minimum absolute atomic E-state index is 0.0318. The number of para-hydroxylation sites is 1. The lowest BCUT2D eigenvalue weighted by Gasteiger charge is -2.24. The number of thioether (sulfide) groups is 1. The van der Waals surface area contributed by atoms with Crippen LogP contribution in [0, 0.1) is 0 Å². The van der Waals surface area contributed by atoms with Crippen molar-refractivity contribution in [3.05, 3.63) is 48.7 Å². The molecule has 4 heterocycles. The number of aromatic amines is 1. The monoisotopic (exact) mass is 454 g/mol. The smallest absolute Gasteiger partial charge is 0.167 e. The van der Waals surface area contributed by atoms with Crippen molar-refractivity contribution in [3.63, 3.8) is 0 Å². The van der Waals surface area contributed by atoms with E-state index in [9.17, 15) is 10.2 Å². The van der Waals surface area contributed by atoms with Gasteiger partial charge < -0.3 is 25.7 Å². The molecule has 1 aliphatic heterocycles. The molecule has 32 heavy (non-hydrogen) atoms. The second-order valence-corrected chi connectivity index (χ2v) is 9.16. The summed E-state index contributed by atoms with van der Waals surface area (Å²) in [5.74, 6) is 0.262. The number of benzene rings is 1. The quantitative estimate of drug-likeness (QED) is 0.334. The predicted octanol–water partition coefficient (Wildman–Crippen LogP) is 2.26. The highest BCUT2D eigenvalue weighted by Gasteiger charge is 2.47. The number of rotatable bonds is 7. The van der Waals surface area contributed by atoms with Crippen LogP contribution in [0.5, 0.6) is 0 Å². The topological polar surface area (TPSA) is 135 Å². The number of H-pyrrole nitrogens is 1. The first-order valence-corrected chi connectivity index (χ1v) is 11.9. The summed E-state index contributed by atoms with van der Waals surface area (Å²) in [5, 5.41) is 22.8. The van der Waals surface area contributed by atoms with Gasteiger partial charge in [-0.05, 0) is 37.1 Å². The zero-order valence-corrected chi connectivity index (χ0v) is 18.4. The van der Waals surface area contributed by atoms with E-state index < -0.39 is 24.5 Å². The van der Waals surface area contributed by atoms with Gasteiger partial charge in [-0.2, -0.15) is 11.8 Å². The molecule has 1 unspecified atom stereocenters. The third kappa shape index (κ3) is 3.62. The summed E-state index contributed by atoms with van der Waals surface area (Å²) in [5.41, 5.74) is 9.21. The minimum Gasteiger partial charge on any atom is -0.387 e.